The Morgan fingerprint density at radius 1 is 1.24 bits per heavy atom. The first-order chi connectivity index (χ1) is 11.6. The topological polar surface area (TPSA) is 66.8 Å². The monoisotopic (exact) mass is 357 g/mol. The van der Waals surface area contributed by atoms with E-state index < -0.39 is 23.8 Å². The minimum atomic E-state index is -4.77. The Morgan fingerprint density at radius 3 is 2.32 bits per heavy atom. The van der Waals surface area contributed by atoms with Crippen LogP contribution in [0.1, 0.15) is 31.7 Å². The maximum Gasteiger partial charge on any atom is 0.573 e. The Labute approximate surface area is 142 Å². The third-order valence-electron chi connectivity index (χ3n) is 4.86. The first kappa shape index (κ1) is 17.6. The fraction of sp³-hybridized carbons (Fsp3) is 0.529. The van der Waals surface area contributed by atoms with E-state index in [4.69, 9.17) is 0 Å². The van der Waals surface area contributed by atoms with Crippen LogP contribution in [-0.4, -0.2) is 40.8 Å². The van der Waals surface area contributed by atoms with Crippen molar-refractivity contribution in [3.05, 3.63) is 29.8 Å². The molecule has 8 heteroatoms. The molecule has 1 amide bonds. The van der Waals surface area contributed by atoms with Gasteiger partial charge in [0.25, 0.3) is 0 Å². The van der Waals surface area contributed by atoms with Gasteiger partial charge in [-0.1, -0.05) is 19.1 Å². The zero-order chi connectivity index (χ0) is 18.4. The fourth-order valence-corrected chi connectivity index (χ4v) is 3.51. The Morgan fingerprint density at radius 2 is 1.84 bits per heavy atom. The number of nitrogens with zero attached hydrogens (tertiary/aromatic N) is 1. The summed E-state index contributed by atoms with van der Waals surface area (Å²) < 4.78 is 40.6. The average Bonchev–Trinajstić information content (AvgIpc) is 3.22. The standard InChI is InChI=1S/C17H18F3NO4/c1-10-8-13(14(22)23)21(9-10)15(24)16(6-7-16)11-2-4-12(5-3-11)25-17(18,19)20/h2-5,10,13H,6-9H2,1H3,(H,22,23)/t10-,13-/m0/s1. The van der Waals surface area contributed by atoms with Crippen molar-refractivity contribution in [1.29, 1.82) is 0 Å². The summed E-state index contributed by atoms with van der Waals surface area (Å²) in [6.07, 6.45) is -3.24. The van der Waals surface area contributed by atoms with Crippen LogP contribution in [0.5, 0.6) is 5.75 Å². The normalized spacial score (nSPS) is 24.9. The van der Waals surface area contributed by atoms with Crippen molar-refractivity contribution in [2.75, 3.05) is 6.54 Å². The zero-order valence-corrected chi connectivity index (χ0v) is 13.5. The number of carbonyl (C=O) groups is 2. The van der Waals surface area contributed by atoms with E-state index in [1.165, 1.54) is 29.2 Å². The van der Waals surface area contributed by atoms with E-state index in [0.717, 1.165) is 0 Å². The molecule has 1 aromatic carbocycles. The number of amides is 1. The molecule has 0 spiro atoms. The van der Waals surface area contributed by atoms with Crippen molar-refractivity contribution in [1.82, 2.24) is 4.90 Å². The number of carboxylic acid groups (broad SMARTS) is 1. The van der Waals surface area contributed by atoms with Gasteiger partial charge >= 0.3 is 12.3 Å². The van der Waals surface area contributed by atoms with Crippen molar-refractivity contribution in [3.63, 3.8) is 0 Å². The lowest BCUT2D eigenvalue weighted by molar-refractivity contribution is -0.274. The predicted molar refractivity (Wildman–Crippen MR) is 81.0 cm³/mol. The summed E-state index contributed by atoms with van der Waals surface area (Å²) in [7, 11) is 0. The third kappa shape index (κ3) is 3.43. The Balaban J connectivity index is 1.80. The highest BCUT2D eigenvalue weighted by Crippen LogP contribution is 2.51. The number of aliphatic carboxylic acids is 1. The Kier molecular flexibility index (Phi) is 4.17. The molecule has 136 valence electrons. The summed E-state index contributed by atoms with van der Waals surface area (Å²) in [5.74, 6) is -1.53. The SMILES string of the molecule is C[C@H]1C[C@@H](C(=O)O)N(C(=O)C2(c3ccc(OC(F)(F)F)cc3)CC2)C1. The van der Waals surface area contributed by atoms with Crippen molar-refractivity contribution >= 4 is 11.9 Å². The molecule has 1 N–H and O–H groups in total. The molecule has 1 saturated carbocycles. The van der Waals surface area contributed by atoms with E-state index in [1.807, 2.05) is 6.92 Å². The molecule has 1 aliphatic heterocycles. The number of carbonyl (C=O) groups excluding carboxylic acids is 1. The lowest BCUT2D eigenvalue weighted by Crippen LogP contribution is -2.45. The summed E-state index contributed by atoms with van der Waals surface area (Å²) in [6, 6.07) is 4.41. The van der Waals surface area contributed by atoms with Gasteiger partial charge in [-0.2, -0.15) is 0 Å². The van der Waals surface area contributed by atoms with E-state index in [0.29, 0.717) is 31.4 Å². The molecule has 0 unspecified atom stereocenters. The molecule has 5 nitrogen and oxygen atoms in total. The Bertz CT molecular complexity index is 682. The second kappa shape index (κ2) is 5.93. The van der Waals surface area contributed by atoms with Crippen LogP contribution in [0.15, 0.2) is 24.3 Å². The number of rotatable bonds is 4. The minimum absolute atomic E-state index is 0.100. The van der Waals surface area contributed by atoms with Crippen molar-refractivity contribution < 1.29 is 32.6 Å². The van der Waals surface area contributed by atoms with E-state index in [-0.39, 0.29) is 17.6 Å². The van der Waals surface area contributed by atoms with Crippen LogP contribution >= 0.6 is 0 Å². The number of ether oxygens (including phenoxy) is 1. The lowest BCUT2D eigenvalue weighted by Gasteiger charge is -2.27. The van der Waals surface area contributed by atoms with Crippen LogP contribution in [0.3, 0.4) is 0 Å². The number of hydrogen-bond acceptors (Lipinski definition) is 3. The second-order valence-corrected chi connectivity index (χ2v) is 6.81. The maximum absolute atomic E-state index is 13.0. The summed E-state index contributed by atoms with van der Waals surface area (Å²) in [5.41, 5.74) is -0.232. The van der Waals surface area contributed by atoms with Crippen LogP contribution in [-0.2, 0) is 15.0 Å². The van der Waals surface area contributed by atoms with Crippen LogP contribution in [0.4, 0.5) is 13.2 Å². The quantitative estimate of drug-likeness (QED) is 0.900. The molecule has 1 saturated heterocycles. The van der Waals surface area contributed by atoms with Gasteiger partial charge in [0.05, 0.1) is 5.41 Å². The summed E-state index contributed by atoms with van der Waals surface area (Å²) in [6.45, 7) is 2.28. The predicted octanol–water partition coefficient (Wildman–Crippen LogP) is 2.94. The van der Waals surface area contributed by atoms with Gasteiger partial charge in [-0.25, -0.2) is 4.79 Å². The van der Waals surface area contributed by atoms with Crippen LogP contribution in [0.25, 0.3) is 0 Å². The molecule has 0 aromatic heterocycles. The van der Waals surface area contributed by atoms with E-state index in [1.54, 1.807) is 0 Å². The van der Waals surface area contributed by atoms with E-state index >= 15 is 0 Å². The fourth-order valence-electron chi connectivity index (χ4n) is 3.51. The number of carboxylic acids is 1. The highest BCUT2D eigenvalue weighted by molar-refractivity contribution is 5.94. The highest BCUT2D eigenvalue weighted by Gasteiger charge is 2.55. The lowest BCUT2D eigenvalue weighted by atomic mass is 9.94. The van der Waals surface area contributed by atoms with Crippen LogP contribution < -0.4 is 4.74 Å². The van der Waals surface area contributed by atoms with E-state index in [2.05, 4.69) is 4.74 Å². The zero-order valence-electron chi connectivity index (χ0n) is 13.5. The van der Waals surface area contributed by atoms with Crippen molar-refractivity contribution in [2.45, 2.75) is 44.0 Å². The molecule has 2 atom stereocenters. The Hall–Kier alpha value is -2.25. The largest absolute Gasteiger partial charge is 0.573 e. The number of benzene rings is 1. The van der Waals surface area contributed by atoms with Gasteiger partial charge in [-0.3, -0.25) is 4.79 Å². The molecule has 2 aliphatic rings. The minimum Gasteiger partial charge on any atom is -0.480 e. The van der Waals surface area contributed by atoms with Crippen molar-refractivity contribution in [2.24, 2.45) is 5.92 Å². The van der Waals surface area contributed by atoms with Gasteiger partial charge in [0.1, 0.15) is 11.8 Å². The van der Waals surface area contributed by atoms with Gasteiger partial charge in [0.2, 0.25) is 5.91 Å². The molecule has 1 aromatic rings. The number of likely N-dealkylation sites (tertiary alicyclic amines) is 1. The second-order valence-electron chi connectivity index (χ2n) is 6.81. The molecular formula is C17H18F3NO4. The third-order valence-corrected chi connectivity index (χ3v) is 4.86. The summed E-state index contributed by atoms with van der Waals surface area (Å²) in [5, 5.41) is 9.33. The highest BCUT2D eigenvalue weighted by atomic mass is 19.4. The molecule has 1 heterocycles. The molecule has 25 heavy (non-hydrogen) atoms. The molecule has 2 fully saturated rings. The maximum atomic E-state index is 13.0. The number of hydrogen-bond donors (Lipinski definition) is 1. The summed E-state index contributed by atoms with van der Waals surface area (Å²) in [4.78, 5) is 25.8. The first-order valence-electron chi connectivity index (χ1n) is 8.02. The van der Waals surface area contributed by atoms with Gasteiger partial charge in [-0.15, -0.1) is 13.2 Å². The van der Waals surface area contributed by atoms with Crippen LogP contribution in [0, 0.1) is 5.92 Å². The summed E-state index contributed by atoms with van der Waals surface area (Å²) >= 11 is 0. The van der Waals surface area contributed by atoms with Gasteiger partial charge in [-0.05, 0) is 42.9 Å². The average molecular weight is 357 g/mol. The number of alkyl halides is 3. The molecule has 0 radical (unpaired) electrons. The van der Waals surface area contributed by atoms with Gasteiger partial charge < -0.3 is 14.7 Å². The molecule has 1 aliphatic carbocycles. The van der Waals surface area contributed by atoms with E-state index in [9.17, 15) is 27.9 Å². The molecular weight excluding hydrogens is 339 g/mol. The van der Waals surface area contributed by atoms with Crippen LogP contribution in [0.2, 0.25) is 0 Å². The van der Waals surface area contributed by atoms with Gasteiger partial charge in [0, 0.05) is 6.54 Å². The molecule has 0 bridgehead atoms. The van der Waals surface area contributed by atoms with Gasteiger partial charge in [0.15, 0.2) is 0 Å². The number of halogens is 3. The molecule has 3 rings (SSSR count). The van der Waals surface area contributed by atoms with Crippen molar-refractivity contribution in [3.8, 4) is 5.75 Å². The first-order valence-corrected chi connectivity index (χ1v) is 8.02. The smallest absolute Gasteiger partial charge is 0.480 e.